The molecule has 5 rings (SSSR count). The van der Waals surface area contributed by atoms with Crippen molar-refractivity contribution in [3.63, 3.8) is 0 Å². The Morgan fingerprint density at radius 2 is 1.43 bits per heavy atom. The van der Waals surface area contributed by atoms with Gasteiger partial charge in [-0.15, -0.1) is 0 Å². The summed E-state index contributed by atoms with van der Waals surface area (Å²) in [5.74, 6) is 1.36. The van der Waals surface area contributed by atoms with E-state index in [-0.39, 0.29) is 36.1 Å². The molecule has 2 N–H and O–H groups in total. The standard InChI is InChI=1S/C36H54N4O4/c1-2-3-4-5-6-7-8-9-10-11-12-13-17-32(41)44-30(26-38-21-23-39(24-22-38)31-16-14-15-20-37-31)27-40-35(42)33-28-18-19-29(25-28)34(33)36(40)43/h14-16,18-20,28-30,42-43H,2-13,17,21-27H2,1H3. The summed E-state index contributed by atoms with van der Waals surface area (Å²) in [4.78, 5) is 22.1. The zero-order valence-electron chi connectivity index (χ0n) is 26.8. The fourth-order valence-electron chi connectivity index (χ4n) is 7.34. The number of unbranched alkanes of at least 4 members (excludes halogenated alkanes) is 11. The lowest BCUT2D eigenvalue weighted by Gasteiger charge is -2.37. The highest BCUT2D eigenvalue weighted by atomic mass is 16.5. The van der Waals surface area contributed by atoms with Crippen LogP contribution in [0.4, 0.5) is 5.82 Å². The van der Waals surface area contributed by atoms with E-state index in [0.717, 1.165) is 62.4 Å². The lowest BCUT2D eigenvalue weighted by atomic mass is 10.0. The topological polar surface area (TPSA) is 91.1 Å². The summed E-state index contributed by atoms with van der Waals surface area (Å²) in [6.07, 6.45) is 22.0. The summed E-state index contributed by atoms with van der Waals surface area (Å²) < 4.78 is 7.66. The van der Waals surface area contributed by atoms with Crippen molar-refractivity contribution in [2.75, 3.05) is 37.6 Å². The van der Waals surface area contributed by atoms with Crippen molar-refractivity contribution in [2.45, 2.75) is 121 Å². The second-order valence-corrected chi connectivity index (χ2v) is 13.1. The van der Waals surface area contributed by atoms with Crippen molar-refractivity contribution in [1.29, 1.82) is 0 Å². The number of hydrogen-bond donors (Lipinski definition) is 2. The van der Waals surface area contributed by atoms with E-state index in [1.807, 2.05) is 24.4 Å². The van der Waals surface area contributed by atoms with Crippen LogP contribution in [0.1, 0.15) is 120 Å². The monoisotopic (exact) mass is 606 g/mol. The Balaban J connectivity index is 1.09. The van der Waals surface area contributed by atoms with Gasteiger partial charge in [0, 0.05) is 68.3 Å². The predicted molar refractivity (Wildman–Crippen MR) is 175 cm³/mol. The van der Waals surface area contributed by atoms with Crippen molar-refractivity contribution < 1.29 is 19.7 Å². The van der Waals surface area contributed by atoms with Gasteiger partial charge in [0.05, 0.1) is 6.54 Å². The molecule has 0 spiro atoms. The first-order chi connectivity index (χ1) is 21.5. The summed E-state index contributed by atoms with van der Waals surface area (Å²) >= 11 is 0. The number of aromatic hydroxyl groups is 2. The van der Waals surface area contributed by atoms with E-state index in [4.69, 9.17) is 4.74 Å². The number of piperazine rings is 1. The molecule has 44 heavy (non-hydrogen) atoms. The van der Waals surface area contributed by atoms with Crippen LogP contribution in [0.5, 0.6) is 11.8 Å². The number of aromatic nitrogens is 2. The fourth-order valence-corrected chi connectivity index (χ4v) is 7.34. The Hall–Kier alpha value is -3.00. The number of fused-ring (bicyclic) bond motifs is 5. The molecule has 1 saturated heterocycles. The highest BCUT2D eigenvalue weighted by Crippen LogP contribution is 2.56. The molecule has 0 saturated carbocycles. The highest BCUT2D eigenvalue weighted by molar-refractivity contribution is 5.69. The maximum atomic E-state index is 13.0. The number of hydrogen-bond acceptors (Lipinski definition) is 7. The number of allylic oxidation sites excluding steroid dienone is 2. The van der Waals surface area contributed by atoms with Crippen LogP contribution >= 0.6 is 0 Å². The first-order valence-corrected chi connectivity index (χ1v) is 17.5. The van der Waals surface area contributed by atoms with E-state index in [1.165, 1.54) is 64.2 Å². The Morgan fingerprint density at radius 3 is 2.00 bits per heavy atom. The van der Waals surface area contributed by atoms with Gasteiger partial charge in [-0.05, 0) is 25.0 Å². The normalized spacial score (nSPS) is 19.9. The molecule has 3 heterocycles. The third-order valence-corrected chi connectivity index (χ3v) is 9.83. The fraction of sp³-hybridized carbons (Fsp3) is 0.667. The SMILES string of the molecule is CCCCCCCCCCCCCCC(=O)OC(CN1CCN(c2ccccn2)CC1)Cn1c(O)c2c(c1O)C1C=CC2C1. The van der Waals surface area contributed by atoms with E-state index in [9.17, 15) is 15.0 Å². The summed E-state index contributed by atoms with van der Waals surface area (Å²) in [7, 11) is 0. The summed E-state index contributed by atoms with van der Waals surface area (Å²) in [6.45, 7) is 6.43. The van der Waals surface area contributed by atoms with Crippen LogP contribution in [-0.2, 0) is 16.1 Å². The molecule has 2 aliphatic carbocycles. The van der Waals surface area contributed by atoms with Crippen molar-refractivity contribution in [3.8, 4) is 11.8 Å². The van der Waals surface area contributed by atoms with E-state index in [1.54, 1.807) is 4.57 Å². The average molecular weight is 607 g/mol. The molecule has 1 fully saturated rings. The van der Waals surface area contributed by atoms with Gasteiger partial charge < -0.3 is 19.8 Å². The van der Waals surface area contributed by atoms with Gasteiger partial charge in [-0.25, -0.2) is 4.98 Å². The third-order valence-electron chi connectivity index (χ3n) is 9.83. The van der Waals surface area contributed by atoms with Crippen LogP contribution in [0, 0.1) is 0 Å². The van der Waals surface area contributed by atoms with Gasteiger partial charge in [-0.1, -0.05) is 95.8 Å². The largest absolute Gasteiger partial charge is 0.494 e. The van der Waals surface area contributed by atoms with Gasteiger partial charge in [0.1, 0.15) is 11.9 Å². The van der Waals surface area contributed by atoms with Crippen LogP contribution in [0.3, 0.4) is 0 Å². The van der Waals surface area contributed by atoms with Gasteiger partial charge in [0.2, 0.25) is 0 Å². The molecule has 0 aromatic carbocycles. The van der Waals surface area contributed by atoms with Crippen molar-refractivity contribution in [3.05, 3.63) is 47.7 Å². The lowest BCUT2D eigenvalue weighted by molar-refractivity contribution is -0.151. The highest BCUT2D eigenvalue weighted by Gasteiger charge is 2.41. The van der Waals surface area contributed by atoms with E-state index >= 15 is 0 Å². The smallest absolute Gasteiger partial charge is 0.306 e. The minimum atomic E-state index is -0.462. The Morgan fingerprint density at radius 1 is 0.841 bits per heavy atom. The third kappa shape index (κ3) is 8.38. The number of pyridine rings is 1. The zero-order valence-corrected chi connectivity index (χ0v) is 26.8. The van der Waals surface area contributed by atoms with Gasteiger partial charge in [-0.2, -0.15) is 0 Å². The van der Waals surface area contributed by atoms with Gasteiger partial charge >= 0.3 is 5.97 Å². The maximum Gasteiger partial charge on any atom is 0.306 e. The molecule has 2 bridgehead atoms. The van der Waals surface area contributed by atoms with Crippen molar-refractivity contribution in [2.24, 2.45) is 0 Å². The molecule has 8 nitrogen and oxygen atoms in total. The summed E-state index contributed by atoms with van der Waals surface area (Å²) in [5.41, 5.74) is 1.70. The van der Waals surface area contributed by atoms with Crippen LogP contribution in [0.15, 0.2) is 36.5 Å². The molecule has 0 amide bonds. The second-order valence-electron chi connectivity index (χ2n) is 13.1. The molecule has 2 aromatic rings. The number of anilines is 1. The minimum Gasteiger partial charge on any atom is -0.494 e. The molecular weight excluding hydrogens is 552 g/mol. The Bertz CT molecular complexity index is 1170. The van der Waals surface area contributed by atoms with Crippen LogP contribution in [-0.4, -0.2) is 69.5 Å². The Kier molecular flexibility index (Phi) is 12.0. The average Bonchev–Trinajstić information content (AvgIpc) is 3.73. The second kappa shape index (κ2) is 16.4. The number of carbonyl (C=O) groups excluding carboxylic acids is 1. The van der Waals surface area contributed by atoms with E-state index in [0.29, 0.717) is 13.0 Å². The molecule has 3 aliphatic rings. The molecule has 1 aliphatic heterocycles. The quantitative estimate of drug-likeness (QED) is 0.0988. The lowest BCUT2D eigenvalue weighted by Crippen LogP contribution is -2.49. The molecule has 242 valence electrons. The number of esters is 1. The maximum absolute atomic E-state index is 13.0. The molecule has 8 heteroatoms. The van der Waals surface area contributed by atoms with Crippen molar-refractivity contribution in [1.82, 2.24) is 14.5 Å². The van der Waals surface area contributed by atoms with E-state index < -0.39 is 6.10 Å². The minimum absolute atomic E-state index is 0.122. The zero-order chi connectivity index (χ0) is 30.7. The Labute approximate surface area is 264 Å². The molecule has 2 aromatic heterocycles. The van der Waals surface area contributed by atoms with Gasteiger partial charge in [0.15, 0.2) is 11.8 Å². The van der Waals surface area contributed by atoms with Crippen LogP contribution in [0.25, 0.3) is 0 Å². The number of nitrogens with zero attached hydrogens (tertiary/aromatic N) is 4. The van der Waals surface area contributed by atoms with Gasteiger partial charge in [0.25, 0.3) is 0 Å². The molecule has 3 atom stereocenters. The molecular formula is C36H54N4O4. The number of carbonyl (C=O) groups is 1. The van der Waals surface area contributed by atoms with Crippen LogP contribution < -0.4 is 4.90 Å². The van der Waals surface area contributed by atoms with Crippen LogP contribution in [0.2, 0.25) is 0 Å². The first kappa shape index (κ1) is 32.4. The molecule has 3 unspecified atom stereocenters. The van der Waals surface area contributed by atoms with E-state index in [2.05, 4.69) is 33.9 Å². The van der Waals surface area contributed by atoms with Gasteiger partial charge in [-0.3, -0.25) is 14.3 Å². The predicted octanol–water partition coefficient (Wildman–Crippen LogP) is 7.26. The first-order valence-electron chi connectivity index (χ1n) is 17.5. The van der Waals surface area contributed by atoms with Crippen molar-refractivity contribution >= 4 is 11.8 Å². The number of rotatable bonds is 19. The number of ether oxygens (including phenoxy) is 1. The summed E-state index contributed by atoms with van der Waals surface area (Å²) in [5, 5.41) is 22.3. The summed E-state index contributed by atoms with van der Waals surface area (Å²) in [6, 6.07) is 5.98. The molecule has 0 radical (unpaired) electrons.